The zero-order valence-corrected chi connectivity index (χ0v) is 16.2. The number of ketones is 1. The molecule has 150 valence electrons. The van der Waals surface area contributed by atoms with Crippen LogP contribution in [0.25, 0.3) is 0 Å². The Kier molecular flexibility index (Phi) is 7.61. The maximum atomic E-state index is 12.5. The smallest absolute Gasteiger partial charge is 0.272 e. The van der Waals surface area contributed by atoms with Gasteiger partial charge in [0.2, 0.25) is 0 Å². The number of halogens is 2. The normalized spacial score (nSPS) is 11.9. The first kappa shape index (κ1) is 21.5. The summed E-state index contributed by atoms with van der Waals surface area (Å²) < 4.78 is 29.6. The number of carbonyl (C=O) groups excluding carboxylic acids is 2. The Morgan fingerprint density at radius 2 is 1.96 bits per heavy atom. The molecule has 1 N–H and O–H groups in total. The summed E-state index contributed by atoms with van der Waals surface area (Å²) >= 11 is 0. The minimum Gasteiger partial charge on any atom is -0.487 e. The molecule has 0 aliphatic rings. The van der Waals surface area contributed by atoms with Crippen molar-refractivity contribution in [3.8, 4) is 5.75 Å². The van der Waals surface area contributed by atoms with Crippen LogP contribution >= 0.6 is 0 Å². The van der Waals surface area contributed by atoms with E-state index in [1.807, 2.05) is 6.92 Å². The van der Waals surface area contributed by atoms with Crippen LogP contribution in [0.15, 0.2) is 36.5 Å². The summed E-state index contributed by atoms with van der Waals surface area (Å²) in [6.07, 6.45) is -0.398. The van der Waals surface area contributed by atoms with Crippen molar-refractivity contribution >= 4 is 11.7 Å². The molecule has 0 saturated carbocycles. The van der Waals surface area contributed by atoms with E-state index >= 15 is 0 Å². The molecule has 2 aromatic rings. The van der Waals surface area contributed by atoms with Gasteiger partial charge in [-0.05, 0) is 43.2 Å². The summed E-state index contributed by atoms with van der Waals surface area (Å²) in [5.41, 5.74) is 2.52. The Balaban J connectivity index is 2.05. The Morgan fingerprint density at radius 1 is 1.21 bits per heavy atom. The first-order valence-corrected chi connectivity index (χ1v) is 9.09. The van der Waals surface area contributed by atoms with Crippen molar-refractivity contribution in [2.45, 2.75) is 46.1 Å². The van der Waals surface area contributed by atoms with Crippen LogP contribution < -0.4 is 10.1 Å². The van der Waals surface area contributed by atoms with Crippen molar-refractivity contribution < 1.29 is 23.1 Å². The van der Waals surface area contributed by atoms with Crippen LogP contribution in [-0.2, 0) is 11.2 Å². The molecule has 0 aliphatic heterocycles. The number of benzene rings is 1. The fourth-order valence-corrected chi connectivity index (χ4v) is 2.66. The first-order valence-electron chi connectivity index (χ1n) is 9.09. The molecule has 1 unspecified atom stereocenters. The Morgan fingerprint density at radius 3 is 2.61 bits per heavy atom. The molecule has 0 fully saturated rings. The Bertz CT molecular complexity index is 840. The minimum atomic E-state index is -2.53. The van der Waals surface area contributed by atoms with Gasteiger partial charge in [0.25, 0.3) is 12.3 Å². The predicted molar refractivity (Wildman–Crippen MR) is 102 cm³/mol. The maximum absolute atomic E-state index is 12.5. The molecule has 0 radical (unpaired) electrons. The molecule has 0 saturated heterocycles. The predicted octanol–water partition coefficient (Wildman–Crippen LogP) is 4.05. The number of nitrogens with zero attached hydrogens (tertiary/aromatic N) is 1. The van der Waals surface area contributed by atoms with E-state index in [4.69, 9.17) is 4.74 Å². The van der Waals surface area contributed by atoms with Gasteiger partial charge in [0, 0.05) is 30.3 Å². The number of hydrogen-bond donors (Lipinski definition) is 1. The second-order valence-corrected chi connectivity index (χ2v) is 6.53. The number of rotatable bonds is 9. The lowest BCUT2D eigenvalue weighted by Gasteiger charge is -2.17. The van der Waals surface area contributed by atoms with Crippen LogP contribution in [0.3, 0.4) is 0 Å². The van der Waals surface area contributed by atoms with Crippen LogP contribution in [0, 0.1) is 6.92 Å². The summed E-state index contributed by atoms with van der Waals surface area (Å²) in [6.45, 7) is 4.72. The third-order valence-electron chi connectivity index (χ3n) is 4.26. The highest BCUT2D eigenvalue weighted by Crippen LogP contribution is 2.23. The number of carbonyl (C=O) groups is 2. The van der Waals surface area contributed by atoms with E-state index in [1.165, 1.54) is 6.20 Å². The summed E-state index contributed by atoms with van der Waals surface area (Å²) in [5, 5.41) is 2.89. The van der Waals surface area contributed by atoms with E-state index in [2.05, 4.69) is 10.3 Å². The van der Waals surface area contributed by atoms with E-state index in [9.17, 15) is 18.4 Å². The number of ether oxygens (including phenoxy) is 1. The summed E-state index contributed by atoms with van der Waals surface area (Å²) in [6, 6.07) is 8.05. The zero-order chi connectivity index (χ0) is 20.7. The van der Waals surface area contributed by atoms with Crippen molar-refractivity contribution in [1.82, 2.24) is 10.3 Å². The lowest BCUT2D eigenvalue weighted by molar-refractivity contribution is -0.118. The molecule has 1 aromatic carbocycles. The molecule has 0 bridgehead atoms. The highest BCUT2D eigenvalue weighted by Gasteiger charge is 2.14. The van der Waals surface area contributed by atoms with Gasteiger partial charge < -0.3 is 10.1 Å². The fraction of sp³-hybridized carbons (Fsp3) is 0.381. The average molecular weight is 390 g/mol. The second-order valence-electron chi connectivity index (χ2n) is 6.53. The molecular formula is C21H24F2N2O3. The topological polar surface area (TPSA) is 68.3 Å². The summed E-state index contributed by atoms with van der Waals surface area (Å²) in [7, 11) is 0. The van der Waals surface area contributed by atoms with Gasteiger partial charge in [0.1, 0.15) is 18.1 Å². The molecular weight excluding hydrogens is 366 g/mol. The van der Waals surface area contributed by atoms with Gasteiger partial charge in [-0.3, -0.25) is 14.6 Å². The van der Waals surface area contributed by atoms with Gasteiger partial charge in [-0.2, -0.15) is 0 Å². The summed E-state index contributed by atoms with van der Waals surface area (Å²) in [5.74, 6) is 0.167. The number of hydrogen-bond acceptors (Lipinski definition) is 4. The third-order valence-corrected chi connectivity index (χ3v) is 4.26. The molecule has 5 nitrogen and oxygen atoms in total. The molecule has 7 heteroatoms. The van der Waals surface area contributed by atoms with Crippen molar-refractivity contribution in [2.75, 3.05) is 6.61 Å². The quantitative estimate of drug-likeness (QED) is 0.702. The van der Waals surface area contributed by atoms with Crippen molar-refractivity contribution in [1.29, 1.82) is 0 Å². The minimum absolute atomic E-state index is 0.0584. The van der Waals surface area contributed by atoms with Crippen molar-refractivity contribution in [2.24, 2.45) is 0 Å². The highest BCUT2D eigenvalue weighted by atomic mass is 19.3. The zero-order valence-electron chi connectivity index (χ0n) is 16.2. The van der Waals surface area contributed by atoms with Gasteiger partial charge in [-0.25, -0.2) is 8.78 Å². The van der Waals surface area contributed by atoms with Crippen LogP contribution in [0.5, 0.6) is 5.75 Å². The summed E-state index contributed by atoms with van der Waals surface area (Å²) in [4.78, 5) is 28.2. The van der Waals surface area contributed by atoms with Gasteiger partial charge in [0.05, 0.1) is 6.04 Å². The molecule has 2 rings (SSSR count). The van der Waals surface area contributed by atoms with Crippen LogP contribution in [0.4, 0.5) is 8.78 Å². The molecule has 0 aliphatic carbocycles. The van der Waals surface area contributed by atoms with E-state index in [0.29, 0.717) is 29.0 Å². The van der Waals surface area contributed by atoms with Crippen molar-refractivity contribution in [3.63, 3.8) is 0 Å². The molecule has 1 atom stereocenters. The third kappa shape index (κ3) is 6.11. The second kappa shape index (κ2) is 9.92. The standard InChI is InChI=1S/C21H24F2N2O3/c1-4-18(26)11-17-10-16(7-8-24-17)21(27)25-14(3)15-5-6-19(13(2)9-15)28-12-20(22)23/h5-10,14,20H,4,11-12H2,1-3H3,(H,25,27). The van der Waals surface area contributed by atoms with E-state index in [0.717, 1.165) is 5.56 Å². The monoisotopic (exact) mass is 390 g/mol. The van der Waals surface area contributed by atoms with Crippen LogP contribution in [0.2, 0.25) is 0 Å². The molecule has 0 spiro atoms. The first-order chi connectivity index (χ1) is 13.3. The average Bonchev–Trinajstić information content (AvgIpc) is 2.66. The van der Waals surface area contributed by atoms with Gasteiger partial charge in [-0.15, -0.1) is 0 Å². The molecule has 1 heterocycles. The lowest BCUT2D eigenvalue weighted by Crippen LogP contribution is -2.27. The number of pyridine rings is 1. The van der Waals surface area contributed by atoms with E-state index in [1.54, 1.807) is 44.2 Å². The number of aryl methyl sites for hydroxylation is 1. The lowest BCUT2D eigenvalue weighted by atomic mass is 10.0. The van der Waals surface area contributed by atoms with E-state index < -0.39 is 13.0 Å². The molecule has 1 aromatic heterocycles. The number of nitrogens with one attached hydrogen (secondary N) is 1. The maximum Gasteiger partial charge on any atom is 0.272 e. The number of alkyl halides is 2. The fourth-order valence-electron chi connectivity index (χ4n) is 2.66. The van der Waals surface area contributed by atoms with Gasteiger partial charge in [0.15, 0.2) is 0 Å². The van der Waals surface area contributed by atoms with Crippen LogP contribution in [0.1, 0.15) is 53.5 Å². The van der Waals surface area contributed by atoms with Gasteiger partial charge >= 0.3 is 0 Å². The van der Waals surface area contributed by atoms with Crippen LogP contribution in [-0.4, -0.2) is 29.7 Å². The highest BCUT2D eigenvalue weighted by molar-refractivity contribution is 5.94. The largest absolute Gasteiger partial charge is 0.487 e. The van der Waals surface area contributed by atoms with Crippen molar-refractivity contribution in [3.05, 3.63) is 58.9 Å². The number of Topliss-reactive ketones (excluding diaryl/α,β-unsaturated/α-hetero) is 1. The Hall–Kier alpha value is -2.83. The number of aromatic nitrogens is 1. The van der Waals surface area contributed by atoms with Gasteiger partial charge in [-0.1, -0.05) is 19.1 Å². The SMILES string of the molecule is CCC(=O)Cc1cc(C(=O)NC(C)c2ccc(OCC(F)F)c(C)c2)ccn1. The number of amides is 1. The Labute approximate surface area is 163 Å². The molecule has 28 heavy (non-hydrogen) atoms. The molecule has 1 amide bonds. The van der Waals surface area contributed by atoms with E-state index in [-0.39, 0.29) is 24.2 Å².